The van der Waals surface area contributed by atoms with Crippen LogP contribution in [0.4, 0.5) is 4.39 Å². The average Bonchev–Trinajstić information content (AvgIpc) is 2.88. The van der Waals surface area contributed by atoms with Crippen LogP contribution in [-0.4, -0.2) is 49.0 Å². The van der Waals surface area contributed by atoms with Gasteiger partial charge in [-0.2, -0.15) is 0 Å². The number of methoxy groups -OCH3 is 1. The first-order chi connectivity index (χ1) is 16.6. The predicted molar refractivity (Wildman–Crippen MR) is 131 cm³/mol. The number of carbonyl (C=O) groups excluding carboxylic acids is 1. The molecule has 5 nitrogen and oxygen atoms in total. The first-order valence-corrected chi connectivity index (χ1v) is 11.4. The van der Waals surface area contributed by atoms with Crippen LogP contribution >= 0.6 is 0 Å². The number of amides is 1. The SMILES string of the molecule is COc1cc(/C=C/C(=O)N2CCN(Cc3ccccc3)CC2)ccc1OCc1ccccc1F. The Balaban J connectivity index is 1.30. The molecule has 176 valence electrons. The molecule has 0 N–H and O–H groups in total. The summed E-state index contributed by atoms with van der Waals surface area (Å²) in [5, 5.41) is 0. The molecule has 6 heteroatoms. The molecule has 1 amide bonds. The van der Waals surface area contributed by atoms with Crippen molar-refractivity contribution in [3.05, 3.63) is 101 Å². The van der Waals surface area contributed by atoms with Gasteiger partial charge < -0.3 is 14.4 Å². The molecule has 0 unspecified atom stereocenters. The molecule has 0 spiro atoms. The molecule has 0 bridgehead atoms. The van der Waals surface area contributed by atoms with E-state index in [0.29, 0.717) is 30.2 Å². The van der Waals surface area contributed by atoms with E-state index < -0.39 is 0 Å². The predicted octanol–water partition coefficient (Wildman–Crippen LogP) is 4.77. The molecule has 0 saturated carbocycles. The molecule has 1 aliphatic heterocycles. The second kappa shape index (κ2) is 11.5. The van der Waals surface area contributed by atoms with E-state index in [-0.39, 0.29) is 18.3 Å². The van der Waals surface area contributed by atoms with Crippen LogP contribution in [0.1, 0.15) is 16.7 Å². The monoisotopic (exact) mass is 460 g/mol. The van der Waals surface area contributed by atoms with Crippen LogP contribution in [0.15, 0.2) is 78.9 Å². The Morgan fingerprint density at radius 2 is 1.68 bits per heavy atom. The zero-order chi connectivity index (χ0) is 23.8. The number of hydrogen-bond donors (Lipinski definition) is 0. The first kappa shape index (κ1) is 23.5. The third-order valence-corrected chi connectivity index (χ3v) is 5.88. The topological polar surface area (TPSA) is 42.0 Å². The molecule has 1 fully saturated rings. The summed E-state index contributed by atoms with van der Waals surface area (Å²) in [6.45, 7) is 4.15. The smallest absolute Gasteiger partial charge is 0.246 e. The van der Waals surface area contributed by atoms with E-state index in [1.165, 1.54) is 11.6 Å². The minimum Gasteiger partial charge on any atom is -0.493 e. The van der Waals surface area contributed by atoms with E-state index >= 15 is 0 Å². The highest BCUT2D eigenvalue weighted by Crippen LogP contribution is 2.29. The molecule has 1 heterocycles. The molecular weight excluding hydrogens is 431 g/mol. The summed E-state index contributed by atoms with van der Waals surface area (Å²) in [6, 6.07) is 22.3. The second-order valence-electron chi connectivity index (χ2n) is 8.21. The number of rotatable bonds is 8. The van der Waals surface area contributed by atoms with Gasteiger partial charge in [-0.15, -0.1) is 0 Å². The van der Waals surface area contributed by atoms with Crippen molar-refractivity contribution < 1.29 is 18.7 Å². The number of halogens is 1. The van der Waals surface area contributed by atoms with Crippen molar-refractivity contribution in [2.24, 2.45) is 0 Å². The van der Waals surface area contributed by atoms with Crippen molar-refractivity contribution in [2.75, 3.05) is 33.3 Å². The van der Waals surface area contributed by atoms with Crippen LogP contribution in [0.5, 0.6) is 11.5 Å². The maximum Gasteiger partial charge on any atom is 0.246 e. The van der Waals surface area contributed by atoms with Gasteiger partial charge in [0, 0.05) is 44.4 Å². The number of nitrogens with zero attached hydrogens (tertiary/aromatic N) is 2. The largest absolute Gasteiger partial charge is 0.493 e. The third kappa shape index (κ3) is 6.23. The number of benzene rings is 3. The maximum absolute atomic E-state index is 13.8. The van der Waals surface area contributed by atoms with E-state index in [9.17, 15) is 9.18 Å². The third-order valence-electron chi connectivity index (χ3n) is 5.88. The van der Waals surface area contributed by atoms with Crippen LogP contribution in [0.25, 0.3) is 6.08 Å². The molecular formula is C28H29FN2O3. The van der Waals surface area contributed by atoms with E-state index in [2.05, 4.69) is 29.2 Å². The Morgan fingerprint density at radius 3 is 2.41 bits per heavy atom. The summed E-state index contributed by atoms with van der Waals surface area (Å²) in [5.41, 5.74) is 2.59. The highest BCUT2D eigenvalue weighted by Gasteiger charge is 2.19. The molecule has 34 heavy (non-hydrogen) atoms. The summed E-state index contributed by atoms with van der Waals surface area (Å²) < 4.78 is 25.0. The Morgan fingerprint density at radius 1 is 0.941 bits per heavy atom. The Bertz CT molecular complexity index is 1130. The van der Waals surface area contributed by atoms with Gasteiger partial charge >= 0.3 is 0 Å². The van der Waals surface area contributed by atoms with Crippen LogP contribution in [0, 0.1) is 5.82 Å². The van der Waals surface area contributed by atoms with Gasteiger partial charge in [-0.3, -0.25) is 9.69 Å². The van der Waals surface area contributed by atoms with Crippen molar-refractivity contribution in [1.82, 2.24) is 9.80 Å². The number of hydrogen-bond acceptors (Lipinski definition) is 4. The van der Waals surface area contributed by atoms with Gasteiger partial charge in [-0.25, -0.2) is 4.39 Å². The maximum atomic E-state index is 13.8. The second-order valence-corrected chi connectivity index (χ2v) is 8.21. The van der Waals surface area contributed by atoms with Gasteiger partial charge in [0.25, 0.3) is 0 Å². The molecule has 0 aromatic heterocycles. The Labute approximate surface area is 200 Å². The van der Waals surface area contributed by atoms with Crippen LogP contribution in [-0.2, 0) is 17.9 Å². The lowest BCUT2D eigenvalue weighted by Crippen LogP contribution is -2.47. The quantitative estimate of drug-likeness (QED) is 0.454. The van der Waals surface area contributed by atoms with Crippen molar-refractivity contribution in [3.8, 4) is 11.5 Å². The fourth-order valence-corrected chi connectivity index (χ4v) is 3.92. The van der Waals surface area contributed by atoms with E-state index in [1.807, 2.05) is 17.0 Å². The van der Waals surface area contributed by atoms with Gasteiger partial charge in [0.1, 0.15) is 12.4 Å². The molecule has 0 aliphatic carbocycles. The molecule has 0 radical (unpaired) electrons. The highest BCUT2D eigenvalue weighted by molar-refractivity contribution is 5.92. The standard InChI is InChI=1S/C28H29FN2O3/c1-33-27-19-22(11-13-26(27)34-21-24-9-5-6-10-25(24)29)12-14-28(32)31-17-15-30(16-18-31)20-23-7-3-2-4-8-23/h2-14,19H,15-18,20-21H2,1H3/b14-12+. The molecule has 1 aliphatic rings. The number of ether oxygens (including phenoxy) is 2. The van der Waals surface area contributed by atoms with Crippen molar-refractivity contribution in [3.63, 3.8) is 0 Å². The van der Waals surface area contributed by atoms with Crippen LogP contribution in [0.2, 0.25) is 0 Å². The summed E-state index contributed by atoms with van der Waals surface area (Å²) in [4.78, 5) is 16.9. The lowest BCUT2D eigenvalue weighted by atomic mass is 10.1. The van der Waals surface area contributed by atoms with Crippen molar-refractivity contribution in [2.45, 2.75) is 13.2 Å². The molecule has 4 rings (SSSR count). The molecule has 3 aromatic carbocycles. The average molecular weight is 461 g/mol. The normalized spacial score (nSPS) is 14.4. The number of carbonyl (C=O) groups is 1. The van der Waals surface area contributed by atoms with Gasteiger partial charge in [0.15, 0.2) is 11.5 Å². The number of piperazine rings is 1. The Kier molecular flexibility index (Phi) is 7.94. The van der Waals surface area contributed by atoms with Gasteiger partial charge in [0.2, 0.25) is 5.91 Å². The van der Waals surface area contributed by atoms with Crippen LogP contribution < -0.4 is 9.47 Å². The lowest BCUT2D eigenvalue weighted by Gasteiger charge is -2.34. The summed E-state index contributed by atoms with van der Waals surface area (Å²) in [6.07, 6.45) is 3.38. The minimum atomic E-state index is -0.305. The van der Waals surface area contributed by atoms with Crippen molar-refractivity contribution >= 4 is 12.0 Å². The Hall–Kier alpha value is -3.64. The zero-order valence-corrected chi connectivity index (χ0v) is 19.3. The molecule has 3 aromatic rings. The van der Waals surface area contributed by atoms with Gasteiger partial charge in [-0.1, -0.05) is 54.6 Å². The minimum absolute atomic E-state index is 0.00166. The van der Waals surface area contributed by atoms with E-state index in [1.54, 1.807) is 49.6 Å². The lowest BCUT2D eigenvalue weighted by molar-refractivity contribution is -0.127. The first-order valence-electron chi connectivity index (χ1n) is 11.4. The molecule has 1 saturated heterocycles. The summed E-state index contributed by atoms with van der Waals surface area (Å²) >= 11 is 0. The van der Waals surface area contributed by atoms with Gasteiger partial charge in [-0.05, 0) is 35.4 Å². The van der Waals surface area contributed by atoms with E-state index in [0.717, 1.165) is 25.2 Å². The highest BCUT2D eigenvalue weighted by atomic mass is 19.1. The summed E-state index contributed by atoms with van der Waals surface area (Å²) in [7, 11) is 1.55. The fraction of sp³-hybridized carbons (Fsp3) is 0.250. The zero-order valence-electron chi connectivity index (χ0n) is 19.3. The molecule has 0 atom stereocenters. The van der Waals surface area contributed by atoms with E-state index in [4.69, 9.17) is 9.47 Å². The summed E-state index contributed by atoms with van der Waals surface area (Å²) in [5.74, 6) is 0.739. The van der Waals surface area contributed by atoms with Crippen LogP contribution in [0.3, 0.4) is 0 Å². The van der Waals surface area contributed by atoms with Gasteiger partial charge in [0.05, 0.1) is 7.11 Å². The van der Waals surface area contributed by atoms with Crippen molar-refractivity contribution in [1.29, 1.82) is 0 Å². The fourth-order valence-electron chi connectivity index (χ4n) is 3.92.